The number of ether oxygens (including phenoxy) is 1. The Morgan fingerprint density at radius 1 is 1.62 bits per heavy atom. The van der Waals surface area contributed by atoms with Gasteiger partial charge in [0.1, 0.15) is 0 Å². The van der Waals surface area contributed by atoms with Crippen LogP contribution in [0.3, 0.4) is 0 Å². The Morgan fingerprint density at radius 2 is 2.38 bits per heavy atom. The van der Waals surface area contributed by atoms with Crippen molar-refractivity contribution in [2.24, 2.45) is 5.11 Å². The van der Waals surface area contributed by atoms with Gasteiger partial charge in [0.15, 0.2) is 11.5 Å². The van der Waals surface area contributed by atoms with Crippen molar-refractivity contribution in [2.75, 3.05) is 13.7 Å². The molecule has 0 atom stereocenters. The predicted octanol–water partition coefficient (Wildman–Crippen LogP) is 3.49. The molecule has 0 spiro atoms. The quantitative estimate of drug-likeness (QED) is 0.522. The summed E-state index contributed by atoms with van der Waals surface area (Å²) in [5, 5.41) is 12.9. The molecule has 0 aromatic heterocycles. The third-order valence-corrected chi connectivity index (χ3v) is 2.53. The monoisotopic (exact) mass is 283 g/mol. The molecule has 0 saturated heterocycles. The predicted molar refractivity (Wildman–Crippen MR) is 65.4 cm³/mol. The minimum Gasteiger partial charge on any atom is -0.504 e. The molecule has 6 heteroatoms. The minimum atomic E-state index is 0.0709. The van der Waals surface area contributed by atoms with Crippen molar-refractivity contribution >= 4 is 22.0 Å². The summed E-state index contributed by atoms with van der Waals surface area (Å²) in [6, 6.07) is 3.23. The van der Waals surface area contributed by atoms with Crippen LogP contribution in [0.4, 0.5) is 0 Å². The van der Waals surface area contributed by atoms with Crippen molar-refractivity contribution in [3.63, 3.8) is 0 Å². The Morgan fingerprint density at radius 3 is 3.00 bits per heavy atom. The van der Waals surface area contributed by atoms with Gasteiger partial charge in [0.25, 0.3) is 0 Å². The van der Waals surface area contributed by atoms with Gasteiger partial charge in [-0.1, -0.05) is 33.2 Å². The first-order chi connectivity index (χ1) is 7.69. The van der Waals surface area contributed by atoms with Gasteiger partial charge in [-0.3, -0.25) is 0 Å². The fourth-order valence-corrected chi connectivity index (χ4v) is 1.58. The molecule has 0 radical (unpaired) electrons. The second kappa shape index (κ2) is 6.05. The number of hydrogen-bond donors (Lipinski definition) is 1. The molecule has 0 heterocycles. The Hall–Kier alpha value is -1.65. The van der Waals surface area contributed by atoms with Gasteiger partial charge in [-0.25, -0.2) is 0 Å². The average Bonchev–Trinajstić information content (AvgIpc) is 2.27. The minimum absolute atomic E-state index is 0.0709. The maximum Gasteiger partial charge on any atom is 0.161 e. The van der Waals surface area contributed by atoms with Crippen LogP contribution in [0.1, 0.15) is 5.56 Å². The van der Waals surface area contributed by atoms with Gasteiger partial charge in [-0.05, 0) is 23.2 Å². The zero-order valence-electron chi connectivity index (χ0n) is 8.59. The van der Waals surface area contributed by atoms with Gasteiger partial charge in [0.05, 0.1) is 7.11 Å². The molecule has 16 heavy (non-hydrogen) atoms. The first-order valence-corrected chi connectivity index (χ1v) is 5.22. The van der Waals surface area contributed by atoms with Crippen molar-refractivity contribution in [1.82, 2.24) is 0 Å². The molecule has 1 N–H and O–H groups in total. The van der Waals surface area contributed by atoms with E-state index in [4.69, 9.17) is 10.3 Å². The number of hydrogen-bond acceptors (Lipinski definition) is 3. The highest BCUT2D eigenvalue weighted by atomic mass is 79.9. The van der Waals surface area contributed by atoms with E-state index in [1.165, 1.54) is 7.11 Å². The van der Waals surface area contributed by atoms with E-state index in [0.29, 0.717) is 5.75 Å². The standard InChI is InChI=1S/C10H10BrN3O2/c1-16-10-5-7(3-2-4-13-14-12)8(11)6-9(10)15/h2-3,5-6,15H,4H2,1H3. The largest absolute Gasteiger partial charge is 0.504 e. The number of aromatic hydroxyl groups is 1. The molecule has 5 nitrogen and oxygen atoms in total. The summed E-state index contributed by atoms with van der Waals surface area (Å²) in [4.78, 5) is 2.63. The molecule has 84 valence electrons. The molecule has 0 aliphatic carbocycles. The van der Waals surface area contributed by atoms with E-state index in [2.05, 4.69) is 26.0 Å². The zero-order chi connectivity index (χ0) is 12.0. The third-order valence-electron chi connectivity index (χ3n) is 1.85. The summed E-state index contributed by atoms with van der Waals surface area (Å²) in [7, 11) is 1.48. The summed E-state index contributed by atoms with van der Waals surface area (Å²) in [5.74, 6) is 0.466. The van der Waals surface area contributed by atoms with Crippen LogP contribution in [0.2, 0.25) is 0 Å². The van der Waals surface area contributed by atoms with Crippen molar-refractivity contribution in [2.45, 2.75) is 0 Å². The highest BCUT2D eigenvalue weighted by molar-refractivity contribution is 9.10. The second-order valence-electron chi connectivity index (χ2n) is 2.86. The maximum atomic E-state index is 9.48. The van der Waals surface area contributed by atoms with Crippen LogP contribution < -0.4 is 4.74 Å². The number of halogens is 1. The molecule has 1 aromatic rings. The lowest BCUT2D eigenvalue weighted by Gasteiger charge is -2.06. The first-order valence-electron chi connectivity index (χ1n) is 4.43. The van der Waals surface area contributed by atoms with Crippen molar-refractivity contribution in [3.05, 3.63) is 38.7 Å². The molecular formula is C10H10BrN3O2. The molecule has 0 bridgehead atoms. The maximum absolute atomic E-state index is 9.48. The lowest BCUT2D eigenvalue weighted by Crippen LogP contribution is -1.86. The summed E-state index contributed by atoms with van der Waals surface area (Å²) in [6.07, 6.45) is 3.50. The summed E-state index contributed by atoms with van der Waals surface area (Å²) in [5.41, 5.74) is 8.93. The average molecular weight is 284 g/mol. The van der Waals surface area contributed by atoms with E-state index in [1.807, 2.05) is 0 Å². The van der Waals surface area contributed by atoms with Gasteiger partial charge in [-0.2, -0.15) is 0 Å². The summed E-state index contributed by atoms with van der Waals surface area (Å²) >= 11 is 3.31. The molecule has 1 rings (SSSR count). The molecule has 1 aromatic carbocycles. The van der Waals surface area contributed by atoms with E-state index >= 15 is 0 Å². The Labute approximate surface area is 101 Å². The molecule has 0 aliphatic heterocycles. The number of nitrogens with zero attached hydrogens (tertiary/aromatic N) is 3. The molecule has 0 saturated carbocycles. The van der Waals surface area contributed by atoms with Gasteiger partial charge >= 0.3 is 0 Å². The van der Waals surface area contributed by atoms with E-state index in [0.717, 1.165) is 10.0 Å². The van der Waals surface area contributed by atoms with Gasteiger partial charge in [0.2, 0.25) is 0 Å². The normalized spacial score (nSPS) is 10.1. The van der Waals surface area contributed by atoms with Crippen molar-refractivity contribution in [1.29, 1.82) is 0 Å². The van der Waals surface area contributed by atoms with Crippen LogP contribution in [0.25, 0.3) is 16.5 Å². The zero-order valence-corrected chi connectivity index (χ0v) is 10.2. The van der Waals surface area contributed by atoms with Gasteiger partial charge in [0, 0.05) is 15.9 Å². The smallest absolute Gasteiger partial charge is 0.161 e. The highest BCUT2D eigenvalue weighted by Crippen LogP contribution is 2.32. The van der Waals surface area contributed by atoms with Crippen LogP contribution in [-0.2, 0) is 0 Å². The number of phenolic OH excluding ortho intramolecular Hbond substituents is 1. The van der Waals surface area contributed by atoms with Crippen molar-refractivity contribution in [3.8, 4) is 11.5 Å². The Bertz CT molecular complexity index is 454. The number of methoxy groups -OCH3 is 1. The van der Waals surface area contributed by atoms with E-state index < -0.39 is 0 Å². The van der Waals surface area contributed by atoms with Gasteiger partial charge in [-0.15, -0.1) is 0 Å². The van der Waals surface area contributed by atoms with Gasteiger partial charge < -0.3 is 9.84 Å². The summed E-state index contributed by atoms with van der Waals surface area (Å²) < 4.78 is 5.72. The Balaban J connectivity index is 2.95. The molecule has 0 amide bonds. The lowest BCUT2D eigenvalue weighted by molar-refractivity contribution is 0.373. The molecule has 0 aliphatic rings. The van der Waals surface area contributed by atoms with Crippen LogP contribution >= 0.6 is 15.9 Å². The molecule has 0 unspecified atom stereocenters. The number of phenols is 1. The Kier molecular flexibility index (Phi) is 4.69. The SMILES string of the molecule is COc1cc(C=CCN=[N+]=[N-])c(Br)cc1O. The highest BCUT2D eigenvalue weighted by Gasteiger charge is 2.05. The lowest BCUT2D eigenvalue weighted by atomic mass is 10.2. The topological polar surface area (TPSA) is 78.2 Å². The van der Waals surface area contributed by atoms with Crippen LogP contribution in [0.5, 0.6) is 11.5 Å². The van der Waals surface area contributed by atoms with Crippen LogP contribution in [-0.4, -0.2) is 18.8 Å². The summed E-state index contributed by atoms with van der Waals surface area (Å²) in [6.45, 7) is 0.284. The van der Waals surface area contributed by atoms with Crippen molar-refractivity contribution < 1.29 is 9.84 Å². The molecular weight excluding hydrogens is 274 g/mol. The number of benzene rings is 1. The third kappa shape index (κ3) is 3.18. The first kappa shape index (κ1) is 12.4. The van der Waals surface area contributed by atoms with Crippen LogP contribution in [0.15, 0.2) is 27.8 Å². The fraction of sp³-hybridized carbons (Fsp3) is 0.200. The fourth-order valence-electron chi connectivity index (χ4n) is 1.11. The molecule has 0 fully saturated rings. The van der Waals surface area contributed by atoms with E-state index in [1.54, 1.807) is 24.3 Å². The van der Waals surface area contributed by atoms with Crippen LogP contribution in [0, 0.1) is 0 Å². The number of rotatable bonds is 4. The van der Waals surface area contributed by atoms with E-state index in [9.17, 15) is 5.11 Å². The number of azide groups is 1. The second-order valence-corrected chi connectivity index (χ2v) is 3.72. The van der Waals surface area contributed by atoms with E-state index in [-0.39, 0.29) is 12.3 Å².